The minimum absolute atomic E-state index is 0.180. The number of carbonyl (C=O) groups excluding carboxylic acids is 2. The van der Waals surface area contributed by atoms with Crippen LogP contribution in [0.1, 0.15) is 10.4 Å². The van der Waals surface area contributed by atoms with Crippen LogP contribution in [0.4, 0.5) is 16.3 Å². The van der Waals surface area contributed by atoms with Crippen molar-refractivity contribution in [1.29, 1.82) is 0 Å². The maximum absolute atomic E-state index is 11.7. The Bertz CT molecular complexity index is 598. The fraction of sp³-hybridized carbons (Fsp3) is 0.0769. The van der Waals surface area contributed by atoms with E-state index < -0.39 is 6.03 Å². The number of rotatable bonds is 3. The molecule has 0 radical (unpaired) electrons. The second-order valence-corrected chi connectivity index (χ2v) is 3.83. The van der Waals surface area contributed by atoms with Crippen LogP contribution in [-0.2, 0) is 0 Å². The summed E-state index contributed by atoms with van der Waals surface area (Å²) in [5.41, 5.74) is 1.09. The second kappa shape index (κ2) is 6.28. The van der Waals surface area contributed by atoms with Gasteiger partial charge in [0.2, 0.25) is 0 Å². The molecule has 0 aliphatic heterocycles. The van der Waals surface area contributed by atoms with Crippen LogP contribution in [-0.4, -0.2) is 29.0 Å². The third-order valence-electron chi connectivity index (χ3n) is 2.44. The van der Waals surface area contributed by atoms with Gasteiger partial charge in [-0.15, -0.1) is 0 Å². The predicted octanol–water partition coefficient (Wildman–Crippen LogP) is 1.48. The molecule has 1 aromatic heterocycles. The molecule has 0 fully saturated rings. The molecule has 0 bridgehead atoms. The molecule has 0 aliphatic carbocycles. The van der Waals surface area contributed by atoms with Gasteiger partial charge in [0.15, 0.2) is 5.82 Å². The monoisotopic (exact) mass is 271 g/mol. The molecule has 0 saturated heterocycles. The van der Waals surface area contributed by atoms with Crippen molar-refractivity contribution in [1.82, 2.24) is 15.3 Å². The number of aromatic nitrogens is 2. The van der Waals surface area contributed by atoms with Gasteiger partial charge in [0.1, 0.15) is 0 Å². The predicted molar refractivity (Wildman–Crippen MR) is 74.5 cm³/mol. The first kappa shape index (κ1) is 13.5. The highest BCUT2D eigenvalue weighted by Gasteiger charge is 2.05. The molecule has 0 saturated carbocycles. The van der Waals surface area contributed by atoms with Gasteiger partial charge in [0, 0.05) is 30.7 Å². The van der Waals surface area contributed by atoms with Crippen LogP contribution >= 0.6 is 0 Å². The third kappa shape index (κ3) is 3.52. The summed E-state index contributed by atoms with van der Waals surface area (Å²) in [5, 5.41) is 7.68. The van der Waals surface area contributed by atoms with Crippen molar-refractivity contribution in [3.8, 4) is 0 Å². The van der Waals surface area contributed by atoms with Crippen molar-refractivity contribution in [2.24, 2.45) is 0 Å². The molecule has 2 aromatic rings. The molecule has 1 aromatic carbocycles. The fourth-order valence-corrected chi connectivity index (χ4v) is 1.49. The summed E-state index contributed by atoms with van der Waals surface area (Å²) in [6.45, 7) is 0. The molecule has 1 heterocycles. The van der Waals surface area contributed by atoms with Crippen molar-refractivity contribution in [2.75, 3.05) is 17.7 Å². The van der Waals surface area contributed by atoms with Crippen molar-refractivity contribution >= 4 is 23.4 Å². The Labute approximate surface area is 115 Å². The van der Waals surface area contributed by atoms with Gasteiger partial charge < -0.3 is 10.6 Å². The molecule has 0 unspecified atom stereocenters. The van der Waals surface area contributed by atoms with E-state index in [1.807, 2.05) is 0 Å². The minimum Gasteiger partial charge on any atom is -0.355 e. The van der Waals surface area contributed by atoms with E-state index in [2.05, 4.69) is 25.9 Å². The summed E-state index contributed by atoms with van der Waals surface area (Å²) in [4.78, 5) is 30.8. The van der Waals surface area contributed by atoms with Crippen LogP contribution in [0.25, 0.3) is 0 Å². The number of anilines is 2. The number of carbonyl (C=O) groups is 2. The lowest BCUT2D eigenvalue weighted by Crippen LogP contribution is -2.20. The molecule has 20 heavy (non-hydrogen) atoms. The molecule has 7 nitrogen and oxygen atoms in total. The van der Waals surface area contributed by atoms with Gasteiger partial charge in [0.25, 0.3) is 5.91 Å². The van der Waals surface area contributed by atoms with Gasteiger partial charge in [-0.3, -0.25) is 15.1 Å². The number of hydrogen-bond donors (Lipinski definition) is 3. The zero-order chi connectivity index (χ0) is 14.4. The number of hydrogen-bond acceptors (Lipinski definition) is 4. The number of amides is 3. The Kier molecular flexibility index (Phi) is 4.23. The Morgan fingerprint density at radius 1 is 1.05 bits per heavy atom. The lowest BCUT2D eigenvalue weighted by atomic mass is 10.2. The van der Waals surface area contributed by atoms with Crippen LogP contribution < -0.4 is 16.0 Å². The first-order valence-electron chi connectivity index (χ1n) is 5.85. The molecule has 3 amide bonds. The van der Waals surface area contributed by atoms with Crippen LogP contribution in [0.5, 0.6) is 0 Å². The molecular weight excluding hydrogens is 258 g/mol. The highest BCUT2D eigenvalue weighted by Crippen LogP contribution is 2.10. The fourth-order valence-electron chi connectivity index (χ4n) is 1.49. The molecule has 0 aliphatic rings. The van der Waals surface area contributed by atoms with E-state index in [9.17, 15) is 9.59 Å². The van der Waals surface area contributed by atoms with Gasteiger partial charge in [-0.1, -0.05) is 0 Å². The highest BCUT2D eigenvalue weighted by molar-refractivity contribution is 5.99. The average molecular weight is 271 g/mol. The summed E-state index contributed by atoms with van der Waals surface area (Å²) >= 11 is 0. The lowest BCUT2D eigenvalue weighted by molar-refractivity contribution is 0.0963. The normalized spacial score (nSPS) is 9.65. The Morgan fingerprint density at radius 2 is 1.80 bits per heavy atom. The first-order valence-corrected chi connectivity index (χ1v) is 5.85. The lowest BCUT2D eigenvalue weighted by Gasteiger charge is -2.07. The van der Waals surface area contributed by atoms with E-state index in [1.165, 1.54) is 18.6 Å². The molecule has 2 rings (SSSR count). The quantitative estimate of drug-likeness (QED) is 0.787. The van der Waals surface area contributed by atoms with E-state index in [0.29, 0.717) is 17.1 Å². The van der Waals surface area contributed by atoms with Crippen molar-refractivity contribution in [2.45, 2.75) is 0 Å². The van der Waals surface area contributed by atoms with E-state index in [1.54, 1.807) is 31.3 Å². The van der Waals surface area contributed by atoms with E-state index in [4.69, 9.17) is 0 Å². The van der Waals surface area contributed by atoms with E-state index >= 15 is 0 Å². The van der Waals surface area contributed by atoms with E-state index in [0.717, 1.165) is 0 Å². The van der Waals surface area contributed by atoms with Gasteiger partial charge in [-0.2, -0.15) is 0 Å². The Morgan fingerprint density at radius 3 is 2.40 bits per heavy atom. The van der Waals surface area contributed by atoms with E-state index in [-0.39, 0.29) is 5.91 Å². The maximum Gasteiger partial charge on any atom is 0.324 e. The molecular formula is C13H13N5O2. The van der Waals surface area contributed by atoms with Gasteiger partial charge >= 0.3 is 6.03 Å². The zero-order valence-corrected chi connectivity index (χ0v) is 10.8. The number of nitrogens with one attached hydrogen (secondary N) is 3. The summed E-state index contributed by atoms with van der Waals surface area (Å²) in [6.07, 6.45) is 4.43. The Balaban J connectivity index is 1.96. The van der Waals surface area contributed by atoms with Crippen molar-refractivity contribution in [3.05, 3.63) is 48.4 Å². The topological polar surface area (TPSA) is 96.0 Å². The number of urea groups is 1. The van der Waals surface area contributed by atoms with Crippen LogP contribution in [0.15, 0.2) is 42.9 Å². The second-order valence-electron chi connectivity index (χ2n) is 3.83. The smallest absolute Gasteiger partial charge is 0.324 e. The minimum atomic E-state index is -0.432. The zero-order valence-electron chi connectivity index (χ0n) is 10.8. The van der Waals surface area contributed by atoms with Gasteiger partial charge in [-0.25, -0.2) is 9.78 Å². The van der Waals surface area contributed by atoms with Gasteiger partial charge in [-0.05, 0) is 24.3 Å². The van der Waals surface area contributed by atoms with Crippen LogP contribution in [0.3, 0.4) is 0 Å². The average Bonchev–Trinajstić information content (AvgIpc) is 2.48. The first-order chi connectivity index (χ1) is 9.69. The van der Waals surface area contributed by atoms with Crippen molar-refractivity contribution < 1.29 is 9.59 Å². The van der Waals surface area contributed by atoms with Gasteiger partial charge in [0.05, 0.1) is 6.20 Å². The molecule has 0 atom stereocenters. The summed E-state index contributed by atoms with van der Waals surface area (Å²) in [6, 6.07) is 6.09. The molecule has 7 heteroatoms. The summed E-state index contributed by atoms with van der Waals surface area (Å²) in [5.74, 6) is 0.174. The summed E-state index contributed by atoms with van der Waals surface area (Å²) < 4.78 is 0. The standard InChI is InChI=1S/C13H13N5O2/c1-14-12(19)9-2-4-10(5-3-9)17-13(20)18-11-8-15-6-7-16-11/h2-8H,1H3,(H,14,19)(H2,16,17,18,20). The molecule has 3 N–H and O–H groups in total. The SMILES string of the molecule is CNC(=O)c1ccc(NC(=O)Nc2cnccn2)cc1. The van der Waals surface area contributed by atoms with Crippen molar-refractivity contribution in [3.63, 3.8) is 0 Å². The number of nitrogens with zero attached hydrogens (tertiary/aromatic N) is 2. The van der Waals surface area contributed by atoms with Crippen LogP contribution in [0.2, 0.25) is 0 Å². The highest BCUT2D eigenvalue weighted by atomic mass is 16.2. The summed E-state index contributed by atoms with van der Waals surface area (Å²) in [7, 11) is 1.56. The molecule has 0 spiro atoms. The largest absolute Gasteiger partial charge is 0.355 e. The van der Waals surface area contributed by atoms with Crippen LogP contribution in [0, 0.1) is 0 Å². The Hall–Kier alpha value is -2.96. The number of benzene rings is 1. The maximum atomic E-state index is 11.7. The molecule has 102 valence electrons. The third-order valence-corrected chi connectivity index (χ3v) is 2.44.